The van der Waals surface area contributed by atoms with Gasteiger partial charge in [0.05, 0.1) is 17.6 Å². The normalized spacial score (nSPS) is 11.2. The lowest BCUT2D eigenvalue weighted by molar-refractivity contribution is 0.393. The molecule has 0 fully saturated rings. The number of hydrogen-bond acceptors (Lipinski definition) is 6. The molecular weight excluding hydrogens is 326 g/mol. The molecule has 0 aliphatic carbocycles. The van der Waals surface area contributed by atoms with Gasteiger partial charge in [-0.3, -0.25) is 4.79 Å². The van der Waals surface area contributed by atoms with Crippen molar-refractivity contribution in [2.75, 3.05) is 0 Å². The zero-order valence-electron chi connectivity index (χ0n) is 12.8. The number of thioether (sulfide) groups is 1. The smallest absolute Gasteiger partial charge is 0.262 e. The summed E-state index contributed by atoms with van der Waals surface area (Å²) in [5.74, 6) is 1.32. The van der Waals surface area contributed by atoms with E-state index in [1.807, 2.05) is 43.3 Å². The SMILES string of the molecule is Cc1cc(CSc2nc3c(cnn3-c3ccccc3)c(=O)[nH]2)no1. The highest BCUT2D eigenvalue weighted by molar-refractivity contribution is 7.98. The molecule has 120 valence electrons. The standard InChI is InChI=1S/C16H13N5O2S/c1-10-7-11(20-23-10)9-24-16-18-14-13(15(22)19-16)8-17-21(14)12-5-3-2-4-6-12/h2-8H,9H2,1H3,(H,18,19,22). The van der Waals surface area contributed by atoms with Gasteiger partial charge in [-0.2, -0.15) is 5.10 Å². The van der Waals surface area contributed by atoms with Gasteiger partial charge in [-0.15, -0.1) is 0 Å². The quantitative estimate of drug-likeness (QED) is 0.454. The molecule has 4 rings (SSSR count). The molecule has 4 aromatic rings. The predicted octanol–water partition coefficient (Wildman–Crippen LogP) is 2.70. The number of para-hydroxylation sites is 1. The number of nitrogens with zero attached hydrogens (tertiary/aromatic N) is 4. The van der Waals surface area contributed by atoms with Gasteiger partial charge in [-0.1, -0.05) is 35.1 Å². The van der Waals surface area contributed by atoms with E-state index in [2.05, 4.69) is 20.2 Å². The van der Waals surface area contributed by atoms with Crippen LogP contribution in [0.1, 0.15) is 11.5 Å². The molecule has 3 aromatic heterocycles. The maximum Gasteiger partial charge on any atom is 0.262 e. The molecule has 0 aliphatic rings. The van der Waals surface area contributed by atoms with E-state index in [1.165, 1.54) is 18.0 Å². The summed E-state index contributed by atoms with van der Waals surface area (Å²) >= 11 is 1.39. The van der Waals surface area contributed by atoms with Crippen LogP contribution in [0.2, 0.25) is 0 Å². The molecule has 0 bridgehead atoms. The number of aryl methyl sites for hydroxylation is 1. The summed E-state index contributed by atoms with van der Waals surface area (Å²) in [7, 11) is 0. The average Bonchev–Trinajstić information content (AvgIpc) is 3.20. The Morgan fingerprint density at radius 2 is 2.12 bits per heavy atom. The Bertz CT molecular complexity index is 1050. The fraction of sp³-hybridized carbons (Fsp3) is 0.125. The molecule has 0 saturated heterocycles. The molecule has 0 aliphatic heterocycles. The van der Waals surface area contributed by atoms with Crippen LogP contribution in [0.3, 0.4) is 0 Å². The van der Waals surface area contributed by atoms with E-state index in [0.29, 0.717) is 21.9 Å². The fourth-order valence-electron chi connectivity index (χ4n) is 2.35. The van der Waals surface area contributed by atoms with E-state index >= 15 is 0 Å². The number of aromatic nitrogens is 5. The summed E-state index contributed by atoms with van der Waals surface area (Å²) in [6.45, 7) is 1.84. The van der Waals surface area contributed by atoms with Crippen molar-refractivity contribution in [3.8, 4) is 5.69 Å². The third kappa shape index (κ3) is 2.71. The summed E-state index contributed by atoms with van der Waals surface area (Å²) in [6.07, 6.45) is 1.53. The van der Waals surface area contributed by atoms with Crippen LogP contribution in [-0.2, 0) is 5.75 Å². The maximum absolute atomic E-state index is 12.3. The van der Waals surface area contributed by atoms with Crippen LogP contribution in [0, 0.1) is 6.92 Å². The minimum Gasteiger partial charge on any atom is -0.361 e. The maximum atomic E-state index is 12.3. The highest BCUT2D eigenvalue weighted by Gasteiger charge is 2.12. The number of H-pyrrole nitrogens is 1. The van der Waals surface area contributed by atoms with Crippen molar-refractivity contribution >= 4 is 22.8 Å². The highest BCUT2D eigenvalue weighted by Crippen LogP contribution is 2.21. The van der Waals surface area contributed by atoms with Gasteiger partial charge in [0.15, 0.2) is 10.8 Å². The van der Waals surface area contributed by atoms with Crippen LogP contribution in [0.4, 0.5) is 0 Å². The average molecular weight is 339 g/mol. The Kier molecular flexibility index (Phi) is 3.66. The van der Waals surface area contributed by atoms with Gasteiger partial charge < -0.3 is 9.51 Å². The second-order valence-electron chi connectivity index (χ2n) is 5.22. The summed E-state index contributed by atoms with van der Waals surface area (Å²) in [5.41, 5.74) is 1.98. The fourth-order valence-corrected chi connectivity index (χ4v) is 3.09. The first-order valence-electron chi connectivity index (χ1n) is 7.29. The molecule has 3 heterocycles. The summed E-state index contributed by atoms with van der Waals surface area (Å²) < 4.78 is 6.70. The Labute approximate surface area is 140 Å². The van der Waals surface area contributed by atoms with Gasteiger partial charge in [0.2, 0.25) is 0 Å². The molecule has 1 N–H and O–H groups in total. The van der Waals surface area contributed by atoms with Crippen molar-refractivity contribution in [3.63, 3.8) is 0 Å². The van der Waals surface area contributed by atoms with Crippen molar-refractivity contribution in [3.05, 3.63) is 64.4 Å². The Morgan fingerprint density at radius 1 is 1.29 bits per heavy atom. The van der Waals surface area contributed by atoms with Crippen LogP contribution in [-0.4, -0.2) is 24.9 Å². The first kappa shape index (κ1) is 14.7. The number of fused-ring (bicyclic) bond motifs is 1. The van der Waals surface area contributed by atoms with Crippen molar-refractivity contribution in [1.82, 2.24) is 24.9 Å². The van der Waals surface area contributed by atoms with Crippen LogP contribution in [0.15, 0.2) is 57.1 Å². The number of rotatable bonds is 4. The van der Waals surface area contributed by atoms with Crippen LogP contribution < -0.4 is 5.56 Å². The van der Waals surface area contributed by atoms with Crippen molar-refractivity contribution in [2.24, 2.45) is 0 Å². The molecule has 0 spiro atoms. The molecular formula is C16H13N5O2S. The predicted molar refractivity (Wildman–Crippen MR) is 90.3 cm³/mol. The summed E-state index contributed by atoms with van der Waals surface area (Å²) in [5, 5.41) is 9.20. The topological polar surface area (TPSA) is 89.6 Å². The molecule has 0 saturated carbocycles. The molecule has 1 aromatic carbocycles. The third-order valence-electron chi connectivity index (χ3n) is 3.45. The lowest BCUT2D eigenvalue weighted by Crippen LogP contribution is -2.09. The van der Waals surface area contributed by atoms with E-state index in [-0.39, 0.29) is 5.56 Å². The van der Waals surface area contributed by atoms with Gasteiger partial charge in [-0.25, -0.2) is 9.67 Å². The second-order valence-corrected chi connectivity index (χ2v) is 6.18. The summed E-state index contributed by atoms with van der Waals surface area (Å²) in [6, 6.07) is 11.5. The lowest BCUT2D eigenvalue weighted by Gasteiger charge is -2.03. The Balaban J connectivity index is 1.71. The molecule has 0 radical (unpaired) electrons. The molecule has 8 heteroatoms. The van der Waals surface area contributed by atoms with Crippen LogP contribution >= 0.6 is 11.8 Å². The zero-order valence-corrected chi connectivity index (χ0v) is 13.6. The van der Waals surface area contributed by atoms with E-state index in [9.17, 15) is 4.79 Å². The number of aromatic amines is 1. The third-order valence-corrected chi connectivity index (χ3v) is 4.36. The number of hydrogen-bond donors (Lipinski definition) is 1. The largest absolute Gasteiger partial charge is 0.361 e. The monoisotopic (exact) mass is 339 g/mol. The van der Waals surface area contributed by atoms with Crippen molar-refractivity contribution < 1.29 is 4.52 Å². The molecule has 0 amide bonds. The van der Waals surface area contributed by atoms with Crippen LogP contribution in [0.25, 0.3) is 16.7 Å². The molecule has 0 atom stereocenters. The second kappa shape index (κ2) is 5.97. The first-order chi connectivity index (χ1) is 11.7. The lowest BCUT2D eigenvalue weighted by atomic mass is 10.3. The van der Waals surface area contributed by atoms with E-state index in [1.54, 1.807) is 4.68 Å². The number of nitrogens with one attached hydrogen (secondary N) is 1. The minimum atomic E-state index is -0.207. The number of benzene rings is 1. The van der Waals surface area contributed by atoms with Gasteiger partial charge in [0, 0.05) is 11.8 Å². The molecule has 24 heavy (non-hydrogen) atoms. The van der Waals surface area contributed by atoms with Gasteiger partial charge in [0.1, 0.15) is 11.1 Å². The van der Waals surface area contributed by atoms with Gasteiger partial charge in [0.25, 0.3) is 5.56 Å². The first-order valence-corrected chi connectivity index (χ1v) is 8.28. The van der Waals surface area contributed by atoms with E-state index in [4.69, 9.17) is 4.52 Å². The molecule has 0 unspecified atom stereocenters. The molecule has 7 nitrogen and oxygen atoms in total. The van der Waals surface area contributed by atoms with E-state index < -0.39 is 0 Å². The van der Waals surface area contributed by atoms with E-state index in [0.717, 1.165) is 17.1 Å². The minimum absolute atomic E-state index is 0.207. The van der Waals surface area contributed by atoms with Crippen molar-refractivity contribution in [1.29, 1.82) is 0 Å². The van der Waals surface area contributed by atoms with Crippen molar-refractivity contribution in [2.45, 2.75) is 17.8 Å². The highest BCUT2D eigenvalue weighted by atomic mass is 32.2. The zero-order chi connectivity index (χ0) is 16.5. The van der Waals surface area contributed by atoms with Gasteiger partial charge >= 0.3 is 0 Å². The Hall–Kier alpha value is -2.87. The van der Waals surface area contributed by atoms with Gasteiger partial charge in [-0.05, 0) is 19.1 Å². The Morgan fingerprint density at radius 3 is 2.88 bits per heavy atom. The van der Waals surface area contributed by atoms with Crippen LogP contribution in [0.5, 0.6) is 0 Å². The summed E-state index contributed by atoms with van der Waals surface area (Å²) in [4.78, 5) is 19.6.